The van der Waals surface area contributed by atoms with Gasteiger partial charge in [0.1, 0.15) is 0 Å². The minimum atomic E-state index is -0.0813. The van der Waals surface area contributed by atoms with Crippen molar-refractivity contribution in [3.63, 3.8) is 0 Å². The average Bonchev–Trinajstić information content (AvgIpc) is 2.22. The van der Waals surface area contributed by atoms with E-state index < -0.39 is 0 Å². The van der Waals surface area contributed by atoms with Crippen LogP contribution in [0.25, 0.3) is 0 Å². The first-order valence-electron chi connectivity index (χ1n) is 6.02. The van der Waals surface area contributed by atoms with Crippen LogP contribution in [0.1, 0.15) is 27.2 Å². The quantitative estimate of drug-likeness (QED) is 0.745. The highest BCUT2D eigenvalue weighted by Crippen LogP contribution is 2.15. The van der Waals surface area contributed by atoms with Crippen LogP contribution in [-0.4, -0.2) is 51.2 Å². The summed E-state index contributed by atoms with van der Waals surface area (Å²) < 4.78 is 16.7. The van der Waals surface area contributed by atoms with E-state index in [9.17, 15) is 0 Å². The molecule has 1 saturated heterocycles. The standard InChI is InChI=1S/C12H25NO3/c1-10(5-6-14-4)15-8-11-7-13-9-12(2,3)16-11/h10-11,13H,5-9H2,1-4H3. The van der Waals surface area contributed by atoms with Crippen LogP contribution >= 0.6 is 0 Å². The van der Waals surface area contributed by atoms with Crippen LogP contribution < -0.4 is 5.32 Å². The third-order valence-corrected chi connectivity index (χ3v) is 2.70. The Balaban J connectivity index is 2.17. The Morgan fingerprint density at radius 2 is 2.25 bits per heavy atom. The van der Waals surface area contributed by atoms with E-state index in [4.69, 9.17) is 14.2 Å². The highest BCUT2D eigenvalue weighted by atomic mass is 16.6. The first-order chi connectivity index (χ1) is 7.53. The molecule has 2 atom stereocenters. The molecule has 1 fully saturated rings. The Morgan fingerprint density at radius 1 is 1.50 bits per heavy atom. The molecule has 0 aliphatic carbocycles. The lowest BCUT2D eigenvalue weighted by atomic mass is 10.1. The molecule has 0 aromatic rings. The van der Waals surface area contributed by atoms with Gasteiger partial charge in [-0.3, -0.25) is 0 Å². The highest BCUT2D eigenvalue weighted by molar-refractivity contribution is 4.81. The van der Waals surface area contributed by atoms with Gasteiger partial charge >= 0.3 is 0 Å². The molecular weight excluding hydrogens is 206 g/mol. The van der Waals surface area contributed by atoms with Gasteiger partial charge in [-0.2, -0.15) is 0 Å². The van der Waals surface area contributed by atoms with Crippen molar-refractivity contribution in [2.24, 2.45) is 0 Å². The highest BCUT2D eigenvalue weighted by Gasteiger charge is 2.28. The van der Waals surface area contributed by atoms with Crippen molar-refractivity contribution in [3.05, 3.63) is 0 Å². The summed E-state index contributed by atoms with van der Waals surface area (Å²) in [6, 6.07) is 0. The Bertz CT molecular complexity index is 197. The maximum atomic E-state index is 5.91. The van der Waals surface area contributed by atoms with E-state index in [0.717, 1.165) is 26.1 Å². The summed E-state index contributed by atoms with van der Waals surface area (Å²) in [5.74, 6) is 0. The van der Waals surface area contributed by atoms with Crippen molar-refractivity contribution in [1.82, 2.24) is 5.32 Å². The SMILES string of the molecule is COCCC(C)OCC1CNCC(C)(C)O1. The lowest BCUT2D eigenvalue weighted by Crippen LogP contribution is -2.52. The Kier molecular flexibility index (Phi) is 5.69. The van der Waals surface area contributed by atoms with Crippen molar-refractivity contribution in [1.29, 1.82) is 0 Å². The number of hydrogen-bond donors (Lipinski definition) is 1. The maximum Gasteiger partial charge on any atom is 0.0940 e. The summed E-state index contributed by atoms with van der Waals surface area (Å²) >= 11 is 0. The summed E-state index contributed by atoms with van der Waals surface area (Å²) in [5.41, 5.74) is -0.0813. The number of methoxy groups -OCH3 is 1. The molecule has 0 radical (unpaired) electrons. The minimum Gasteiger partial charge on any atom is -0.385 e. The Hall–Kier alpha value is -0.160. The van der Waals surface area contributed by atoms with Crippen molar-refractivity contribution >= 4 is 0 Å². The lowest BCUT2D eigenvalue weighted by molar-refractivity contribution is -0.129. The van der Waals surface area contributed by atoms with Gasteiger partial charge in [0.05, 0.1) is 24.4 Å². The van der Waals surface area contributed by atoms with Gasteiger partial charge in [-0.1, -0.05) is 0 Å². The summed E-state index contributed by atoms with van der Waals surface area (Å²) in [7, 11) is 1.71. The zero-order chi connectivity index (χ0) is 12.0. The molecule has 1 heterocycles. The third kappa shape index (κ3) is 5.25. The Morgan fingerprint density at radius 3 is 2.88 bits per heavy atom. The molecule has 4 heteroatoms. The van der Waals surface area contributed by atoms with Crippen molar-refractivity contribution in [2.75, 3.05) is 33.4 Å². The molecule has 0 bridgehead atoms. The normalized spacial score (nSPS) is 26.6. The van der Waals surface area contributed by atoms with Crippen molar-refractivity contribution in [3.8, 4) is 0 Å². The van der Waals surface area contributed by atoms with E-state index in [0.29, 0.717) is 6.61 Å². The van der Waals surface area contributed by atoms with Gasteiger partial charge in [-0.05, 0) is 27.2 Å². The fourth-order valence-corrected chi connectivity index (χ4v) is 1.80. The van der Waals surface area contributed by atoms with Gasteiger partial charge in [-0.25, -0.2) is 0 Å². The number of rotatable bonds is 6. The van der Waals surface area contributed by atoms with E-state index in [-0.39, 0.29) is 17.8 Å². The van der Waals surface area contributed by atoms with E-state index in [2.05, 4.69) is 26.1 Å². The number of morpholine rings is 1. The molecule has 96 valence electrons. The molecule has 1 rings (SSSR count). The van der Waals surface area contributed by atoms with Crippen LogP contribution in [0, 0.1) is 0 Å². The summed E-state index contributed by atoms with van der Waals surface area (Å²) in [4.78, 5) is 0. The van der Waals surface area contributed by atoms with Gasteiger partial charge in [0, 0.05) is 26.8 Å². The zero-order valence-electron chi connectivity index (χ0n) is 10.9. The summed E-state index contributed by atoms with van der Waals surface area (Å²) in [5, 5.41) is 3.36. The number of nitrogens with one attached hydrogen (secondary N) is 1. The average molecular weight is 231 g/mol. The first kappa shape index (κ1) is 13.9. The third-order valence-electron chi connectivity index (χ3n) is 2.70. The molecule has 1 aliphatic rings. The van der Waals surface area contributed by atoms with E-state index in [1.165, 1.54) is 0 Å². The van der Waals surface area contributed by atoms with Crippen LogP contribution in [0.5, 0.6) is 0 Å². The summed E-state index contributed by atoms with van der Waals surface area (Å²) in [6.45, 7) is 9.45. The maximum absolute atomic E-state index is 5.91. The molecule has 4 nitrogen and oxygen atoms in total. The van der Waals surface area contributed by atoms with Crippen LogP contribution in [0.15, 0.2) is 0 Å². The van der Waals surface area contributed by atoms with E-state index >= 15 is 0 Å². The molecular formula is C12H25NO3. The van der Waals surface area contributed by atoms with Gasteiger partial charge in [-0.15, -0.1) is 0 Å². The summed E-state index contributed by atoms with van der Waals surface area (Å²) in [6.07, 6.45) is 1.32. The fraction of sp³-hybridized carbons (Fsp3) is 1.00. The van der Waals surface area contributed by atoms with Gasteiger partial charge in [0.2, 0.25) is 0 Å². The second-order valence-corrected chi connectivity index (χ2v) is 5.06. The van der Waals surface area contributed by atoms with Gasteiger partial charge in [0.15, 0.2) is 0 Å². The van der Waals surface area contributed by atoms with E-state index in [1.807, 2.05) is 0 Å². The largest absolute Gasteiger partial charge is 0.385 e. The van der Waals surface area contributed by atoms with Crippen molar-refractivity contribution in [2.45, 2.75) is 45.0 Å². The van der Waals surface area contributed by atoms with Crippen LogP contribution in [0.3, 0.4) is 0 Å². The second kappa shape index (κ2) is 6.55. The van der Waals surface area contributed by atoms with Gasteiger partial charge in [0.25, 0.3) is 0 Å². The predicted molar refractivity (Wildman–Crippen MR) is 63.7 cm³/mol. The molecule has 0 saturated carbocycles. The molecule has 0 amide bonds. The molecule has 0 spiro atoms. The van der Waals surface area contributed by atoms with Crippen LogP contribution in [0.2, 0.25) is 0 Å². The molecule has 0 aromatic heterocycles. The van der Waals surface area contributed by atoms with Gasteiger partial charge < -0.3 is 19.5 Å². The topological polar surface area (TPSA) is 39.7 Å². The number of ether oxygens (including phenoxy) is 3. The monoisotopic (exact) mass is 231 g/mol. The Labute approximate surface area is 98.6 Å². The second-order valence-electron chi connectivity index (χ2n) is 5.06. The molecule has 1 N–H and O–H groups in total. The van der Waals surface area contributed by atoms with Crippen molar-refractivity contribution < 1.29 is 14.2 Å². The van der Waals surface area contributed by atoms with Crippen LogP contribution in [-0.2, 0) is 14.2 Å². The fourth-order valence-electron chi connectivity index (χ4n) is 1.80. The molecule has 1 aliphatic heterocycles. The lowest BCUT2D eigenvalue weighted by Gasteiger charge is -2.36. The van der Waals surface area contributed by atoms with E-state index in [1.54, 1.807) is 7.11 Å². The molecule has 0 aromatic carbocycles. The molecule has 16 heavy (non-hydrogen) atoms. The smallest absolute Gasteiger partial charge is 0.0940 e. The molecule has 2 unspecified atom stereocenters. The zero-order valence-corrected chi connectivity index (χ0v) is 10.9. The predicted octanol–water partition coefficient (Wildman–Crippen LogP) is 1.19. The first-order valence-corrected chi connectivity index (χ1v) is 6.02. The minimum absolute atomic E-state index is 0.0813. The number of hydrogen-bond acceptors (Lipinski definition) is 4. The van der Waals surface area contributed by atoms with Crippen LogP contribution in [0.4, 0.5) is 0 Å².